The highest BCUT2D eigenvalue weighted by Gasteiger charge is 2.32. The van der Waals surface area contributed by atoms with Crippen LogP contribution < -0.4 is 11.1 Å². The van der Waals surface area contributed by atoms with E-state index in [1.807, 2.05) is 44.2 Å². The molecule has 0 saturated carbocycles. The van der Waals surface area contributed by atoms with Crippen molar-refractivity contribution in [3.05, 3.63) is 35.9 Å². The van der Waals surface area contributed by atoms with Gasteiger partial charge in [-0.1, -0.05) is 44.2 Å². The maximum absolute atomic E-state index is 12.2. The average molecular weight is 250 g/mol. The molecule has 0 bridgehead atoms. The van der Waals surface area contributed by atoms with E-state index in [1.165, 1.54) is 0 Å². The van der Waals surface area contributed by atoms with Crippen molar-refractivity contribution in [3.8, 4) is 0 Å². The molecule has 0 heterocycles. The van der Waals surface area contributed by atoms with E-state index in [9.17, 15) is 9.90 Å². The van der Waals surface area contributed by atoms with Gasteiger partial charge in [0.1, 0.15) is 5.54 Å². The average Bonchev–Trinajstić information content (AvgIpc) is 2.36. The number of aliphatic hydroxyl groups is 1. The Morgan fingerprint density at radius 1 is 1.39 bits per heavy atom. The van der Waals surface area contributed by atoms with Gasteiger partial charge in [-0.25, -0.2) is 0 Å². The van der Waals surface area contributed by atoms with Crippen molar-refractivity contribution < 1.29 is 9.90 Å². The number of hydrogen-bond donors (Lipinski definition) is 3. The van der Waals surface area contributed by atoms with E-state index in [2.05, 4.69) is 5.32 Å². The molecule has 18 heavy (non-hydrogen) atoms. The van der Waals surface area contributed by atoms with Gasteiger partial charge in [-0.15, -0.1) is 0 Å². The second-order valence-electron chi connectivity index (χ2n) is 5.07. The molecule has 4 nitrogen and oxygen atoms in total. The fourth-order valence-electron chi connectivity index (χ4n) is 1.66. The van der Waals surface area contributed by atoms with Crippen LogP contribution >= 0.6 is 0 Å². The first-order valence-electron chi connectivity index (χ1n) is 6.15. The fraction of sp³-hybridized carbons (Fsp3) is 0.500. The van der Waals surface area contributed by atoms with E-state index in [4.69, 9.17) is 5.73 Å². The molecular formula is C14H22N2O2. The minimum absolute atomic E-state index is 0.0890. The molecule has 2 unspecified atom stereocenters. The number of rotatable bonds is 5. The van der Waals surface area contributed by atoms with E-state index in [-0.39, 0.29) is 24.5 Å². The Bertz CT molecular complexity index is 388. The zero-order chi connectivity index (χ0) is 13.8. The van der Waals surface area contributed by atoms with Crippen LogP contribution in [0.4, 0.5) is 0 Å². The molecule has 0 aliphatic carbocycles. The lowest BCUT2D eigenvalue weighted by molar-refractivity contribution is -0.127. The summed E-state index contributed by atoms with van der Waals surface area (Å²) >= 11 is 0. The summed E-state index contributed by atoms with van der Waals surface area (Å²) in [5.41, 5.74) is 5.75. The number of carbonyl (C=O) groups excluding carboxylic acids is 1. The largest absolute Gasteiger partial charge is 0.394 e. The van der Waals surface area contributed by atoms with Gasteiger partial charge in [0.25, 0.3) is 0 Å². The second kappa shape index (κ2) is 5.98. The van der Waals surface area contributed by atoms with Crippen molar-refractivity contribution >= 4 is 5.91 Å². The number of hydrogen-bond acceptors (Lipinski definition) is 3. The number of carbonyl (C=O) groups is 1. The molecule has 0 aromatic heterocycles. The third kappa shape index (κ3) is 3.31. The van der Waals surface area contributed by atoms with Crippen LogP contribution in [0, 0.1) is 5.92 Å². The number of nitrogens with two attached hydrogens (primary N) is 1. The third-order valence-corrected chi connectivity index (χ3v) is 3.16. The molecule has 0 saturated heterocycles. The Hall–Kier alpha value is -1.39. The molecule has 4 N–H and O–H groups in total. The van der Waals surface area contributed by atoms with Gasteiger partial charge in [-0.05, 0) is 18.4 Å². The number of benzene rings is 1. The van der Waals surface area contributed by atoms with E-state index in [0.29, 0.717) is 0 Å². The van der Waals surface area contributed by atoms with Crippen molar-refractivity contribution in [3.63, 3.8) is 0 Å². The highest BCUT2D eigenvalue weighted by atomic mass is 16.3. The first-order chi connectivity index (χ1) is 8.39. The van der Waals surface area contributed by atoms with Gasteiger partial charge in [-0.3, -0.25) is 4.79 Å². The Labute approximate surface area is 108 Å². The van der Waals surface area contributed by atoms with Crippen molar-refractivity contribution in [2.24, 2.45) is 11.7 Å². The van der Waals surface area contributed by atoms with Crippen LogP contribution in [0.5, 0.6) is 0 Å². The number of amides is 1. The predicted octanol–water partition coefficient (Wildman–Crippen LogP) is 0.994. The van der Waals surface area contributed by atoms with Crippen LogP contribution in [0.25, 0.3) is 0 Å². The Morgan fingerprint density at radius 2 is 1.94 bits per heavy atom. The zero-order valence-electron chi connectivity index (χ0n) is 11.2. The summed E-state index contributed by atoms with van der Waals surface area (Å²) in [6.07, 6.45) is 0. The number of aliphatic hydroxyl groups excluding tert-OH is 1. The topological polar surface area (TPSA) is 75.3 Å². The molecule has 2 atom stereocenters. The maximum Gasteiger partial charge on any atom is 0.244 e. The quantitative estimate of drug-likeness (QED) is 0.729. The van der Waals surface area contributed by atoms with Crippen LogP contribution in [-0.4, -0.2) is 23.7 Å². The molecular weight excluding hydrogens is 228 g/mol. The molecule has 1 amide bonds. The van der Waals surface area contributed by atoms with Gasteiger partial charge >= 0.3 is 0 Å². The van der Waals surface area contributed by atoms with Gasteiger partial charge in [0.05, 0.1) is 12.6 Å². The van der Waals surface area contributed by atoms with Gasteiger partial charge in [0, 0.05) is 0 Å². The molecule has 0 radical (unpaired) electrons. The summed E-state index contributed by atoms with van der Waals surface area (Å²) in [6.45, 7) is 5.47. The molecule has 0 fully saturated rings. The maximum atomic E-state index is 12.2. The minimum Gasteiger partial charge on any atom is -0.394 e. The lowest BCUT2D eigenvalue weighted by Gasteiger charge is -2.28. The van der Waals surface area contributed by atoms with Gasteiger partial charge < -0.3 is 16.2 Å². The Balaban J connectivity index is 2.83. The molecule has 4 heteroatoms. The third-order valence-electron chi connectivity index (χ3n) is 3.16. The SMILES string of the molecule is CC(C)C(CO)NC(=O)C(C)(N)c1ccccc1. The highest BCUT2D eigenvalue weighted by molar-refractivity contribution is 5.87. The summed E-state index contributed by atoms with van der Waals surface area (Å²) in [6, 6.07) is 8.94. The lowest BCUT2D eigenvalue weighted by Crippen LogP contribution is -2.54. The Kier molecular flexibility index (Phi) is 4.87. The molecule has 1 aromatic rings. The lowest BCUT2D eigenvalue weighted by atomic mass is 9.91. The van der Waals surface area contributed by atoms with E-state index in [0.717, 1.165) is 5.56 Å². The molecule has 0 aliphatic heterocycles. The Morgan fingerprint density at radius 3 is 2.39 bits per heavy atom. The van der Waals surface area contributed by atoms with Crippen LogP contribution in [-0.2, 0) is 10.3 Å². The molecule has 100 valence electrons. The smallest absolute Gasteiger partial charge is 0.244 e. The van der Waals surface area contributed by atoms with Gasteiger partial charge in [-0.2, -0.15) is 0 Å². The number of nitrogens with one attached hydrogen (secondary N) is 1. The van der Waals surface area contributed by atoms with Crippen LogP contribution in [0.1, 0.15) is 26.3 Å². The van der Waals surface area contributed by atoms with Crippen molar-refractivity contribution in [2.45, 2.75) is 32.4 Å². The van der Waals surface area contributed by atoms with E-state index < -0.39 is 5.54 Å². The predicted molar refractivity (Wildman–Crippen MR) is 71.8 cm³/mol. The van der Waals surface area contributed by atoms with E-state index >= 15 is 0 Å². The van der Waals surface area contributed by atoms with Gasteiger partial charge in [0.2, 0.25) is 5.91 Å². The highest BCUT2D eigenvalue weighted by Crippen LogP contribution is 2.18. The first-order valence-corrected chi connectivity index (χ1v) is 6.15. The summed E-state index contributed by atoms with van der Waals surface area (Å²) in [5, 5.41) is 12.0. The van der Waals surface area contributed by atoms with Crippen LogP contribution in [0.3, 0.4) is 0 Å². The van der Waals surface area contributed by atoms with Crippen molar-refractivity contribution in [2.75, 3.05) is 6.61 Å². The van der Waals surface area contributed by atoms with Crippen LogP contribution in [0.15, 0.2) is 30.3 Å². The minimum atomic E-state index is -1.09. The monoisotopic (exact) mass is 250 g/mol. The molecule has 1 aromatic carbocycles. The van der Waals surface area contributed by atoms with Crippen molar-refractivity contribution in [1.82, 2.24) is 5.32 Å². The summed E-state index contributed by atoms with van der Waals surface area (Å²) in [5.74, 6) is -0.119. The standard InChI is InChI=1S/C14H22N2O2/c1-10(2)12(9-17)16-13(18)14(3,15)11-7-5-4-6-8-11/h4-8,10,12,17H,9,15H2,1-3H3,(H,16,18). The van der Waals surface area contributed by atoms with E-state index in [1.54, 1.807) is 6.92 Å². The van der Waals surface area contributed by atoms with Crippen molar-refractivity contribution in [1.29, 1.82) is 0 Å². The summed E-state index contributed by atoms with van der Waals surface area (Å²) < 4.78 is 0. The first kappa shape index (κ1) is 14.7. The zero-order valence-corrected chi connectivity index (χ0v) is 11.2. The molecule has 0 aliphatic rings. The second-order valence-corrected chi connectivity index (χ2v) is 5.07. The normalized spacial score (nSPS) is 16.1. The molecule has 1 rings (SSSR count). The van der Waals surface area contributed by atoms with Crippen LogP contribution in [0.2, 0.25) is 0 Å². The molecule has 0 spiro atoms. The fourth-order valence-corrected chi connectivity index (χ4v) is 1.66. The summed E-state index contributed by atoms with van der Waals surface area (Å²) in [7, 11) is 0. The summed E-state index contributed by atoms with van der Waals surface area (Å²) in [4.78, 5) is 12.2. The van der Waals surface area contributed by atoms with Gasteiger partial charge in [0.15, 0.2) is 0 Å².